The van der Waals surface area contributed by atoms with Crippen LogP contribution >= 0.6 is 0 Å². The van der Waals surface area contributed by atoms with E-state index in [-0.39, 0.29) is 12.5 Å². The van der Waals surface area contributed by atoms with E-state index < -0.39 is 0 Å². The number of carbonyl (C=O) groups excluding carboxylic acids is 1. The third kappa shape index (κ3) is 2.55. The highest BCUT2D eigenvalue weighted by Crippen LogP contribution is 2.17. The lowest BCUT2D eigenvalue weighted by molar-refractivity contribution is -0.121. The topological polar surface area (TPSA) is 53.3 Å². The first-order chi connectivity index (χ1) is 7.20. The van der Waals surface area contributed by atoms with Gasteiger partial charge in [-0.3, -0.25) is 4.79 Å². The van der Waals surface area contributed by atoms with Crippen molar-refractivity contribution in [3.05, 3.63) is 29.8 Å². The van der Waals surface area contributed by atoms with Gasteiger partial charge in [-0.05, 0) is 12.1 Å². The van der Waals surface area contributed by atoms with Crippen molar-refractivity contribution in [3.63, 3.8) is 0 Å². The summed E-state index contributed by atoms with van der Waals surface area (Å²) < 4.78 is 4.75. The average Bonchev–Trinajstić information content (AvgIpc) is 2.28. The van der Waals surface area contributed by atoms with Crippen LogP contribution in [0.3, 0.4) is 0 Å². The lowest BCUT2D eigenvalue weighted by Crippen LogP contribution is -2.30. The fourth-order valence-corrected chi connectivity index (χ4v) is 1.22. The molecule has 78 valence electrons. The Balaban J connectivity index is 2.96. The molecule has 0 bridgehead atoms. The van der Waals surface area contributed by atoms with E-state index in [0.29, 0.717) is 11.3 Å². The molecule has 0 unspecified atom stereocenters. The second-order valence-corrected chi connectivity index (χ2v) is 3.01. The highest BCUT2D eigenvalue weighted by atomic mass is 16.5. The minimum atomic E-state index is -0.180. The first-order valence-corrected chi connectivity index (χ1v) is 4.45. The molecule has 1 aromatic carbocycles. The van der Waals surface area contributed by atoms with Gasteiger partial charge < -0.3 is 9.64 Å². The molecule has 0 spiro atoms. The van der Waals surface area contributed by atoms with Gasteiger partial charge in [-0.15, -0.1) is 0 Å². The minimum Gasteiger partial charge on any atom is -0.375 e. The van der Waals surface area contributed by atoms with Crippen molar-refractivity contribution >= 4 is 11.6 Å². The summed E-state index contributed by atoms with van der Waals surface area (Å²) in [6, 6.07) is 8.98. The largest absolute Gasteiger partial charge is 0.375 e. The third-order valence-electron chi connectivity index (χ3n) is 2.03. The predicted octanol–water partition coefficient (Wildman–Crippen LogP) is 1.17. The molecule has 15 heavy (non-hydrogen) atoms. The first-order valence-electron chi connectivity index (χ1n) is 4.45. The Labute approximate surface area is 88.7 Å². The van der Waals surface area contributed by atoms with Crippen LogP contribution in [0.5, 0.6) is 0 Å². The number of methoxy groups -OCH3 is 1. The van der Waals surface area contributed by atoms with Gasteiger partial charge in [0.05, 0.1) is 11.3 Å². The summed E-state index contributed by atoms with van der Waals surface area (Å²) in [4.78, 5) is 12.9. The number of rotatable bonds is 3. The number of ether oxygens (including phenoxy) is 1. The smallest absolute Gasteiger partial charge is 0.252 e. The van der Waals surface area contributed by atoms with E-state index in [1.54, 1.807) is 31.3 Å². The summed E-state index contributed by atoms with van der Waals surface area (Å²) in [5.74, 6) is -0.180. The molecular weight excluding hydrogens is 192 g/mol. The van der Waals surface area contributed by atoms with Gasteiger partial charge in [0.2, 0.25) is 0 Å². The van der Waals surface area contributed by atoms with Crippen molar-refractivity contribution in [1.82, 2.24) is 0 Å². The number of para-hydroxylation sites is 1. The normalized spacial score (nSPS) is 9.40. The Bertz CT molecular complexity index is 396. The van der Waals surface area contributed by atoms with Crippen LogP contribution in [0.25, 0.3) is 0 Å². The summed E-state index contributed by atoms with van der Waals surface area (Å²) in [6.07, 6.45) is 0. The molecule has 0 aliphatic rings. The fraction of sp³-hybridized carbons (Fsp3) is 0.273. The summed E-state index contributed by atoms with van der Waals surface area (Å²) in [5, 5.41) is 8.86. The molecule has 0 heterocycles. The van der Waals surface area contributed by atoms with Gasteiger partial charge >= 0.3 is 0 Å². The Morgan fingerprint density at radius 3 is 2.80 bits per heavy atom. The summed E-state index contributed by atoms with van der Waals surface area (Å²) >= 11 is 0. The van der Waals surface area contributed by atoms with E-state index >= 15 is 0 Å². The number of amides is 1. The molecule has 1 amide bonds. The molecule has 0 aliphatic heterocycles. The number of hydrogen-bond donors (Lipinski definition) is 0. The molecule has 0 radical (unpaired) electrons. The summed E-state index contributed by atoms with van der Waals surface area (Å²) in [6.45, 7) is 0.0102. The van der Waals surface area contributed by atoms with Crippen molar-refractivity contribution in [3.8, 4) is 6.07 Å². The zero-order chi connectivity index (χ0) is 11.3. The molecule has 0 saturated heterocycles. The number of hydrogen-bond acceptors (Lipinski definition) is 3. The molecule has 0 atom stereocenters. The molecule has 0 aromatic heterocycles. The first kappa shape index (κ1) is 11.2. The number of likely N-dealkylation sites (N-methyl/N-ethyl adjacent to an activating group) is 1. The van der Waals surface area contributed by atoms with Crippen molar-refractivity contribution in [2.24, 2.45) is 0 Å². The Hall–Kier alpha value is -1.86. The predicted molar refractivity (Wildman–Crippen MR) is 56.4 cm³/mol. The second kappa shape index (κ2) is 5.13. The number of carbonyl (C=O) groups is 1. The van der Waals surface area contributed by atoms with Crippen LogP contribution in [0.4, 0.5) is 5.69 Å². The molecule has 1 rings (SSSR count). The SMILES string of the molecule is COCC(=O)N(C)c1ccccc1C#N. The highest BCUT2D eigenvalue weighted by molar-refractivity contribution is 5.94. The van der Waals surface area contributed by atoms with Crippen LogP contribution in [0.1, 0.15) is 5.56 Å². The van der Waals surface area contributed by atoms with Gasteiger partial charge in [0.15, 0.2) is 0 Å². The number of benzene rings is 1. The number of nitriles is 1. The third-order valence-corrected chi connectivity index (χ3v) is 2.03. The van der Waals surface area contributed by atoms with E-state index in [4.69, 9.17) is 10.00 Å². The van der Waals surface area contributed by atoms with Gasteiger partial charge in [0, 0.05) is 14.2 Å². The lowest BCUT2D eigenvalue weighted by atomic mass is 10.2. The van der Waals surface area contributed by atoms with E-state index in [1.807, 2.05) is 6.07 Å². The molecule has 0 saturated carbocycles. The van der Waals surface area contributed by atoms with E-state index in [9.17, 15) is 4.79 Å². The van der Waals surface area contributed by atoms with Gasteiger partial charge in [-0.1, -0.05) is 12.1 Å². The molecule has 0 aliphatic carbocycles. The van der Waals surface area contributed by atoms with Gasteiger partial charge in [0.1, 0.15) is 12.7 Å². The quantitative estimate of drug-likeness (QED) is 0.742. The van der Waals surface area contributed by atoms with Crippen molar-refractivity contribution in [1.29, 1.82) is 5.26 Å². The van der Waals surface area contributed by atoms with Crippen LogP contribution in [0.15, 0.2) is 24.3 Å². The van der Waals surface area contributed by atoms with Crippen LogP contribution < -0.4 is 4.90 Å². The molecule has 4 nitrogen and oxygen atoms in total. The minimum absolute atomic E-state index is 0.0102. The number of nitrogens with zero attached hydrogens (tertiary/aromatic N) is 2. The Morgan fingerprint density at radius 2 is 2.20 bits per heavy atom. The van der Waals surface area contributed by atoms with Crippen LogP contribution in [0, 0.1) is 11.3 Å². The molecular formula is C11H12N2O2. The molecule has 0 N–H and O–H groups in total. The average molecular weight is 204 g/mol. The second-order valence-electron chi connectivity index (χ2n) is 3.01. The van der Waals surface area contributed by atoms with Gasteiger partial charge in [0.25, 0.3) is 5.91 Å². The van der Waals surface area contributed by atoms with Crippen molar-refractivity contribution in [2.45, 2.75) is 0 Å². The van der Waals surface area contributed by atoms with E-state index in [0.717, 1.165) is 0 Å². The number of anilines is 1. The monoisotopic (exact) mass is 204 g/mol. The van der Waals surface area contributed by atoms with Gasteiger partial charge in [-0.2, -0.15) is 5.26 Å². The zero-order valence-electron chi connectivity index (χ0n) is 8.73. The van der Waals surface area contributed by atoms with Crippen LogP contribution in [-0.2, 0) is 9.53 Å². The highest BCUT2D eigenvalue weighted by Gasteiger charge is 2.13. The van der Waals surface area contributed by atoms with Crippen molar-refractivity contribution in [2.75, 3.05) is 25.7 Å². The van der Waals surface area contributed by atoms with E-state index in [2.05, 4.69) is 0 Å². The lowest BCUT2D eigenvalue weighted by Gasteiger charge is -2.17. The molecule has 0 fully saturated rings. The summed E-state index contributed by atoms with van der Waals surface area (Å²) in [7, 11) is 3.08. The fourth-order valence-electron chi connectivity index (χ4n) is 1.22. The maximum atomic E-state index is 11.5. The van der Waals surface area contributed by atoms with E-state index in [1.165, 1.54) is 12.0 Å². The zero-order valence-corrected chi connectivity index (χ0v) is 8.73. The van der Waals surface area contributed by atoms with Crippen LogP contribution in [0.2, 0.25) is 0 Å². The Kier molecular flexibility index (Phi) is 3.83. The summed E-state index contributed by atoms with van der Waals surface area (Å²) in [5.41, 5.74) is 1.08. The standard InChI is InChI=1S/C11H12N2O2/c1-13(11(14)8-15-2)10-6-4-3-5-9(10)7-12/h3-6H,8H2,1-2H3. The molecule has 4 heteroatoms. The maximum Gasteiger partial charge on any atom is 0.252 e. The van der Waals surface area contributed by atoms with Crippen LogP contribution in [-0.4, -0.2) is 26.7 Å². The van der Waals surface area contributed by atoms with Crippen molar-refractivity contribution < 1.29 is 9.53 Å². The Morgan fingerprint density at radius 1 is 1.53 bits per heavy atom. The van der Waals surface area contributed by atoms with Gasteiger partial charge in [-0.25, -0.2) is 0 Å². The maximum absolute atomic E-state index is 11.5. The molecule has 1 aromatic rings.